The van der Waals surface area contributed by atoms with Crippen molar-refractivity contribution in [3.05, 3.63) is 35.4 Å². The molecular formula is C16H26N2O. The van der Waals surface area contributed by atoms with Gasteiger partial charge in [-0.25, -0.2) is 0 Å². The van der Waals surface area contributed by atoms with Crippen LogP contribution in [0.2, 0.25) is 0 Å². The summed E-state index contributed by atoms with van der Waals surface area (Å²) < 4.78 is 0. The van der Waals surface area contributed by atoms with E-state index < -0.39 is 0 Å². The Kier molecular flexibility index (Phi) is 7.19. The van der Waals surface area contributed by atoms with Gasteiger partial charge < -0.3 is 10.6 Å². The normalized spacial score (nSPS) is 12.2. The van der Waals surface area contributed by atoms with Crippen LogP contribution in [-0.2, 0) is 11.2 Å². The number of carbonyl (C=O) groups is 1. The summed E-state index contributed by atoms with van der Waals surface area (Å²) in [7, 11) is 0. The van der Waals surface area contributed by atoms with Crippen LogP contribution in [0.25, 0.3) is 0 Å². The topological polar surface area (TPSA) is 41.1 Å². The zero-order chi connectivity index (χ0) is 14.1. The van der Waals surface area contributed by atoms with Crippen LogP contribution in [0, 0.1) is 0 Å². The van der Waals surface area contributed by atoms with Crippen molar-refractivity contribution in [2.75, 3.05) is 13.1 Å². The van der Waals surface area contributed by atoms with Crippen molar-refractivity contribution in [2.24, 2.45) is 0 Å². The molecule has 1 amide bonds. The molecule has 19 heavy (non-hydrogen) atoms. The van der Waals surface area contributed by atoms with Crippen molar-refractivity contribution < 1.29 is 4.79 Å². The first kappa shape index (κ1) is 15.7. The van der Waals surface area contributed by atoms with E-state index in [1.807, 2.05) is 0 Å². The van der Waals surface area contributed by atoms with Gasteiger partial charge in [-0.2, -0.15) is 0 Å². The van der Waals surface area contributed by atoms with Crippen LogP contribution in [0.5, 0.6) is 0 Å². The maximum absolute atomic E-state index is 11.5. The lowest BCUT2D eigenvalue weighted by Gasteiger charge is -2.14. The fraction of sp³-hybridized carbons (Fsp3) is 0.562. The maximum Gasteiger partial charge on any atom is 0.221 e. The van der Waals surface area contributed by atoms with Gasteiger partial charge in [-0.05, 0) is 30.9 Å². The number of carbonyl (C=O) groups excluding carboxylic acids is 1. The highest BCUT2D eigenvalue weighted by molar-refractivity contribution is 5.75. The number of nitrogens with one attached hydrogen (secondary N) is 2. The summed E-state index contributed by atoms with van der Waals surface area (Å²) in [6, 6.07) is 8.94. The van der Waals surface area contributed by atoms with Gasteiger partial charge in [0.1, 0.15) is 0 Å². The monoisotopic (exact) mass is 262 g/mol. The molecule has 0 aliphatic heterocycles. The molecule has 0 aromatic heterocycles. The van der Waals surface area contributed by atoms with Crippen molar-refractivity contribution in [1.82, 2.24) is 10.6 Å². The third-order valence-electron chi connectivity index (χ3n) is 3.26. The number of aryl methyl sites for hydroxylation is 1. The largest absolute Gasteiger partial charge is 0.356 e. The molecular weight excluding hydrogens is 236 g/mol. The zero-order valence-electron chi connectivity index (χ0n) is 12.3. The standard InChI is InChI=1S/C16H26N2O/c1-4-11-18-16(19)10-12-17-13(3)15-8-6-14(5-2)7-9-15/h6-9,13,17H,4-5,10-12H2,1-3H3,(H,18,19). The molecule has 1 rings (SSSR count). The molecule has 0 aliphatic rings. The Hall–Kier alpha value is -1.35. The molecule has 1 atom stereocenters. The smallest absolute Gasteiger partial charge is 0.221 e. The summed E-state index contributed by atoms with van der Waals surface area (Å²) in [5.74, 6) is 0.128. The second-order valence-corrected chi connectivity index (χ2v) is 4.87. The summed E-state index contributed by atoms with van der Waals surface area (Å²) in [5, 5.41) is 6.26. The van der Waals surface area contributed by atoms with Crippen molar-refractivity contribution in [1.29, 1.82) is 0 Å². The molecule has 0 heterocycles. The lowest BCUT2D eigenvalue weighted by molar-refractivity contribution is -0.121. The molecule has 1 aromatic rings. The van der Waals surface area contributed by atoms with Crippen LogP contribution in [0.1, 0.15) is 50.8 Å². The van der Waals surface area contributed by atoms with E-state index in [0.717, 1.165) is 19.4 Å². The van der Waals surface area contributed by atoms with Gasteiger partial charge in [0.25, 0.3) is 0 Å². The zero-order valence-corrected chi connectivity index (χ0v) is 12.3. The molecule has 3 nitrogen and oxygen atoms in total. The number of benzene rings is 1. The van der Waals surface area contributed by atoms with Gasteiger partial charge in [-0.3, -0.25) is 4.79 Å². The Morgan fingerprint density at radius 2 is 1.84 bits per heavy atom. The molecule has 0 spiro atoms. The Labute approximate surface area is 116 Å². The van der Waals surface area contributed by atoms with E-state index in [9.17, 15) is 4.79 Å². The number of amides is 1. The Bertz CT molecular complexity index is 373. The molecule has 0 saturated carbocycles. The van der Waals surface area contributed by atoms with E-state index in [4.69, 9.17) is 0 Å². The molecule has 1 unspecified atom stereocenters. The lowest BCUT2D eigenvalue weighted by Crippen LogP contribution is -2.29. The molecule has 0 aliphatic carbocycles. The Morgan fingerprint density at radius 3 is 2.42 bits per heavy atom. The van der Waals surface area contributed by atoms with E-state index in [0.29, 0.717) is 13.0 Å². The van der Waals surface area contributed by atoms with Crippen LogP contribution in [-0.4, -0.2) is 19.0 Å². The van der Waals surface area contributed by atoms with Crippen LogP contribution >= 0.6 is 0 Å². The SMILES string of the molecule is CCCNC(=O)CCNC(C)c1ccc(CC)cc1. The van der Waals surface area contributed by atoms with E-state index >= 15 is 0 Å². The first-order valence-electron chi connectivity index (χ1n) is 7.26. The average Bonchev–Trinajstić information content (AvgIpc) is 2.45. The summed E-state index contributed by atoms with van der Waals surface area (Å²) in [6.07, 6.45) is 2.59. The highest BCUT2D eigenvalue weighted by Gasteiger charge is 2.05. The minimum absolute atomic E-state index is 0.128. The first-order valence-corrected chi connectivity index (χ1v) is 7.26. The van der Waals surface area contributed by atoms with E-state index in [2.05, 4.69) is 55.7 Å². The predicted molar refractivity (Wildman–Crippen MR) is 80.2 cm³/mol. The number of rotatable bonds is 8. The molecule has 0 saturated heterocycles. The average molecular weight is 262 g/mol. The predicted octanol–water partition coefficient (Wildman–Crippen LogP) is 2.82. The van der Waals surface area contributed by atoms with Crippen LogP contribution in [0.3, 0.4) is 0 Å². The van der Waals surface area contributed by atoms with Gasteiger partial charge in [-0.1, -0.05) is 38.1 Å². The highest BCUT2D eigenvalue weighted by atomic mass is 16.1. The second-order valence-electron chi connectivity index (χ2n) is 4.87. The maximum atomic E-state index is 11.5. The van der Waals surface area contributed by atoms with Crippen LogP contribution < -0.4 is 10.6 Å². The van der Waals surface area contributed by atoms with Crippen molar-refractivity contribution >= 4 is 5.91 Å². The minimum atomic E-state index is 0.128. The molecule has 0 fully saturated rings. The van der Waals surface area contributed by atoms with Crippen LogP contribution in [0.15, 0.2) is 24.3 Å². The Balaban J connectivity index is 2.30. The lowest BCUT2D eigenvalue weighted by atomic mass is 10.0. The summed E-state index contributed by atoms with van der Waals surface area (Å²) >= 11 is 0. The van der Waals surface area contributed by atoms with E-state index in [1.165, 1.54) is 11.1 Å². The van der Waals surface area contributed by atoms with E-state index in [-0.39, 0.29) is 11.9 Å². The van der Waals surface area contributed by atoms with Gasteiger partial charge >= 0.3 is 0 Å². The molecule has 106 valence electrons. The fourth-order valence-electron chi connectivity index (χ4n) is 1.91. The molecule has 2 N–H and O–H groups in total. The molecule has 1 aromatic carbocycles. The quantitative estimate of drug-likeness (QED) is 0.756. The van der Waals surface area contributed by atoms with Crippen LogP contribution in [0.4, 0.5) is 0 Å². The third kappa shape index (κ3) is 5.88. The second kappa shape index (κ2) is 8.70. The van der Waals surface area contributed by atoms with Gasteiger partial charge in [0.05, 0.1) is 0 Å². The van der Waals surface area contributed by atoms with Crippen molar-refractivity contribution in [2.45, 2.75) is 46.1 Å². The third-order valence-corrected chi connectivity index (χ3v) is 3.26. The van der Waals surface area contributed by atoms with Crippen molar-refractivity contribution in [3.63, 3.8) is 0 Å². The van der Waals surface area contributed by atoms with Gasteiger partial charge in [0.2, 0.25) is 5.91 Å². The number of hydrogen-bond donors (Lipinski definition) is 2. The Morgan fingerprint density at radius 1 is 1.16 bits per heavy atom. The number of hydrogen-bond acceptors (Lipinski definition) is 2. The summed E-state index contributed by atoms with van der Waals surface area (Å²) in [5.41, 5.74) is 2.63. The first-order chi connectivity index (χ1) is 9.17. The van der Waals surface area contributed by atoms with Gasteiger partial charge in [0, 0.05) is 25.6 Å². The van der Waals surface area contributed by atoms with Gasteiger partial charge in [0.15, 0.2) is 0 Å². The van der Waals surface area contributed by atoms with Gasteiger partial charge in [-0.15, -0.1) is 0 Å². The minimum Gasteiger partial charge on any atom is -0.356 e. The summed E-state index contributed by atoms with van der Waals surface area (Å²) in [4.78, 5) is 11.5. The fourth-order valence-corrected chi connectivity index (χ4v) is 1.91. The summed E-state index contributed by atoms with van der Waals surface area (Å²) in [6.45, 7) is 7.83. The van der Waals surface area contributed by atoms with Crippen molar-refractivity contribution in [3.8, 4) is 0 Å². The molecule has 0 bridgehead atoms. The molecule has 3 heteroatoms. The van der Waals surface area contributed by atoms with E-state index in [1.54, 1.807) is 0 Å². The molecule has 0 radical (unpaired) electrons. The highest BCUT2D eigenvalue weighted by Crippen LogP contribution is 2.13.